The van der Waals surface area contributed by atoms with E-state index in [1.165, 1.54) is 11.3 Å². The van der Waals surface area contributed by atoms with Crippen LogP contribution in [0.1, 0.15) is 96.4 Å². The normalized spacial score (nSPS) is 26.4. The zero-order valence-corrected chi connectivity index (χ0v) is 45.1. The highest BCUT2D eigenvalue weighted by atomic mass is 19.3. The number of pyridine rings is 1. The van der Waals surface area contributed by atoms with Crippen LogP contribution in [0.2, 0.25) is 0 Å². The number of carbonyl (C=O) groups excluding carboxylic acids is 3. The number of carbonyl (C=O) groups is 3. The molecule has 414 valence electrons. The van der Waals surface area contributed by atoms with E-state index < -0.39 is 66.4 Å². The number of esters is 1. The molecule has 0 spiro atoms. The summed E-state index contributed by atoms with van der Waals surface area (Å²) in [6.45, 7) is 18.6. The Morgan fingerprint density at radius 1 is 1.00 bits per heavy atom. The average molecular weight is 1060 g/mol. The summed E-state index contributed by atoms with van der Waals surface area (Å²) in [7, 11) is 1.68. The number of ether oxygens (including phenoxy) is 6. The Morgan fingerprint density at radius 3 is 2.47 bits per heavy atom. The summed E-state index contributed by atoms with van der Waals surface area (Å²) in [6.07, 6.45) is 1.38. The number of piperazine rings is 1. The van der Waals surface area contributed by atoms with Gasteiger partial charge in [0.2, 0.25) is 11.8 Å². The van der Waals surface area contributed by atoms with Gasteiger partial charge in [0.05, 0.1) is 67.9 Å². The molecule has 0 radical (unpaired) electrons. The predicted molar refractivity (Wildman–Crippen MR) is 278 cm³/mol. The van der Waals surface area contributed by atoms with Crippen LogP contribution in [0.3, 0.4) is 0 Å². The molecule has 8 heterocycles. The van der Waals surface area contributed by atoms with Gasteiger partial charge in [-0.25, -0.2) is 19.2 Å². The van der Waals surface area contributed by atoms with Crippen molar-refractivity contribution in [3.8, 4) is 22.7 Å². The van der Waals surface area contributed by atoms with Crippen LogP contribution in [0.5, 0.6) is 0 Å². The maximum absolute atomic E-state index is 14.8. The molecule has 4 aromatic rings. The number of amides is 2. The third kappa shape index (κ3) is 11.5. The highest BCUT2D eigenvalue weighted by Crippen LogP contribution is 2.51. The number of fused-ring (bicyclic) bond motifs is 6. The zero-order chi connectivity index (χ0) is 53.4. The number of benzene rings is 1. The number of hydrogen-bond donors (Lipinski definition) is 2. The number of anilines is 1. The molecule has 3 aromatic heterocycles. The van der Waals surface area contributed by atoms with Gasteiger partial charge in [0.1, 0.15) is 36.8 Å². The maximum Gasteiger partial charge on any atom is 0.324 e. The number of halogens is 2. The van der Waals surface area contributed by atoms with Gasteiger partial charge in [0.25, 0.3) is 12.3 Å². The summed E-state index contributed by atoms with van der Waals surface area (Å²) < 4.78 is 72.9. The minimum Gasteiger partial charge on any atom is -0.464 e. The Labute approximate surface area is 443 Å². The minimum atomic E-state index is -2.90. The number of methoxy groups -OCH3 is 1. The lowest BCUT2D eigenvalue weighted by Crippen LogP contribution is -2.61. The van der Waals surface area contributed by atoms with Gasteiger partial charge >= 0.3 is 5.97 Å². The molecule has 20 heteroatoms. The molecule has 76 heavy (non-hydrogen) atoms. The quantitative estimate of drug-likeness (QED) is 0.119. The molecule has 10 rings (SSSR count). The molecule has 18 nitrogen and oxygen atoms in total. The molecule has 4 saturated heterocycles. The van der Waals surface area contributed by atoms with E-state index in [9.17, 15) is 23.2 Å². The molecule has 5 fully saturated rings. The third-order valence-electron chi connectivity index (χ3n) is 16.6. The van der Waals surface area contributed by atoms with Crippen LogP contribution in [0.25, 0.3) is 33.6 Å². The summed E-state index contributed by atoms with van der Waals surface area (Å²) in [5, 5.41) is 5.07. The largest absolute Gasteiger partial charge is 0.464 e. The molecular formula is C56H76F2N8O10. The van der Waals surface area contributed by atoms with Crippen LogP contribution in [-0.4, -0.2) is 159 Å². The molecule has 1 aromatic carbocycles. The van der Waals surface area contributed by atoms with Crippen molar-refractivity contribution >= 4 is 34.4 Å². The molecule has 2 amide bonds. The highest BCUT2D eigenvalue weighted by molar-refractivity contribution is 5.95. The fourth-order valence-corrected chi connectivity index (χ4v) is 12.2. The average Bonchev–Trinajstić information content (AvgIpc) is 3.81. The predicted octanol–water partition coefficient (Wildman–Crippen LogP) is 6.75. The van der Waals surface area contributed by atoms with E-state index in [2.05, 4.69) is 45.0 Å². The van der Waals surface area contributed by atoms with Crippen LogP contribution in [0.15, 0.2) is 41.1 Å². The van der Waals surface area contributed by atoms with Crippen molar-refractivity contribution in [2.24, 2.45) is 29.1 Å². The first-order chi connectivity index (χ1) is 36.6. The Morgan fingerprint density at radius 2 is 1.78 bits per heavy atom. The number of cyclic esters (lactones) is 1. The summed E-state index contributed by atoms with van der Waals surface area (Å²) in [4.78, 5) is 58.2. The number of hydrogen-bond acceptors (Lipinski definition) is 15. The maximum atomic E-state index is 14.8. The van der Waals surface area contributed by atoms with Crippen LogP contribution in [-0.2, 0) is 55.8 Å². The molecule has 7 atom stereocenters. The number of rotatable bonds is 15. The van der Waals surface area contributed by atoms with E-state index in [1.54, 1.807) is 7.11 Å². The molecule has 1 aliphatic carbocycles. The molecule has 6 aliphatic rings. The molecular weight excluding hydrogens is 983 g/mol. The topological polar surface area (TPSA) is 184 Å². The van der Waals surface area contributed by atoms with Crippen LogP contribution >= 0.6 is 0 Å². The first-order valence-corrected chi connectivity index (χ1v) is 27.4. The Bertz CT molecular complexity index is 2700. The first kappa shape index (κ1) is 54.3. The monoisotopic (exact) mass is 1060 g/mol. The lowest BCUT2D eigenvalue weighted by atomic mass is 9.84. The number of alkyl halides is 2. The molecule has 0 unspecified atom stereocenters. The van der Waals surface area contributed by atoms with Crippen molar-refractivity contribution in [1.82, 2.24) is 35.2 Å². The van der Waals surface area contributed by atoms with E-state index in [4.69, 9.17) is 42.8 Å². The van der Waals surface area contributed by atoms with Crippen LogP contribution in [0.4, 0.5) is 14.5 Å². The molecule has 6 bridgehead atoms. The standard InChI is InChI=1S/C56H76F2N8O10/c1-32(2)46-33(3)47(46)52(67)61-49-51(74-30-45(57)58)43-29-75-53(60-43)35-10-11-44-39(23-35)41(25-56(5,6)31-76-55(69)42-9-8-14-66(62-42)54(49)68)50(65(44)19-22-73-38-12-20-71-21-13-38)40-24-36(26-59-48(40)34(4)70-7)63-15-17-64(18-16-63)37-27-72-28-37/h10-11,23-24,26,29,32-34,37-38,42,45-47,49,51,62H,8-9,12-22,25,27-28,30-31H2,1-7H3,(H,61,67)/t33-,34+,42+,46+,47-,49+,51-/m1/s1. The van der Waals surface area contributed by atoms with Gasteiger partial charge in [-0.15, -0.1) is 0 Å². The van der Waals surface area contributed by atoms with Crippen LogP contribution in [0, 0.1) is 29.1 Å². The van der Waals surface area contributed by atoms with E-state index in [-0.39, 0.29) is 48.6 Å². The van der Waals surface area contributed by atoms with Gasteiger partial charge in [0.15, 0.2) is 0 Å². The minimum absolute atomic E-state index is 0.0362. The van der Waals surface area contributed by atoms with Gasteiger partial charge in [-0.3, -0.25) is 29.3 Å². The second kappa shape index (κ2) is 23.1. The zero-order valence-electron chi connectivity index (χ0n) is 45.1. The van der Waals surface area contributed by atoms with E-state index in [0.717, 1.165) is 91.3 Å². The number of nitrogens with one attached hydrogen (secondary N) is 2. The Kier molecular flexibility index (Phi) is 16.5. The van der Waals surface area contributed by atoms with E-state index >= 15 is 0 Å². The summed E-state index contributed by atoms with van der Waals surface area (Å²) in [5.41, 5.74) is 8.50. The van der Waals surface area contributed by atoms with Crippen molar-refractivity contribution in [1.29, 1.82) is 0 Å². The van der Waals surface area contributed by atoms with Crippen molar-refractivity contribution in [3.05, 3.63) is 53.7 Å². The molecule has 2 N–H and O–H groups in total. The lowest BCUT2D eigenvalue weighted by molar-refractivity contribution is -0.157. The summed E-state index contributed by atoms with van der Waals surface area (Å²) in [6, 6.07) is 6.21. The Balaban J connectivity index is 1.11. The highest BCUT2D eigenvalue weighted by Gasteiger charge is 2.54. The van der Waals surface area contributed by atoms with Crippen LogP contribution < -0.4 is 15.6 Å². The van der Waals surface area contributed by atoms with E-state index in [0.29, 0.717) is 57.2 Å². The van der Waals surface area contributed by atoms with Gasteiger partial charge in [-0.2, -0.15) is 0 Å². The second-order valence-corrected chi connectivity index (χ2v) is 22.8. The first-order valence-electron chi connectivity index (χ1n) is 27.4. The second-order valence-electron chi connectivity index (χ2n) is 22.8. The number of aromatic nitrogens is 3. The van der Waals surface area contributed by atoms with Crippen molar-refractivity contribution in [3.63, 3.8) is 0 Å². The lowest BCUT2D eigenvalue weighted by Gasteiger charge is -2.43. The fraction of sp³-hybridized carbons (Fsp3) is 0.661. The number of oxazole rings is 1. The van der Waals surface area contributed by atoms with Crippen molar-refractivity contribution in [2.75, 3.05) is 91.0 Å². The summed E-state index contributed by atoms with van der Waals surface area (Å²) >= 11 is 0. The van der Waals surface area contributed by atoms with Gasteiger partial charge in [0, 0.05) is 93.0 Å². The van der Waals surface area contributed by atoms with Crippen molar-refractivity contribution < 1.29 is 56.0 Å². The van der Waals surface area contributed by atoms with Gasteiger partial charge in [-0.05, 0) is 86.6 Å². The van der Waals surface area contributed by atoms with Gasteiger partial charge in [-0.1, -0.05) is 34.6 Å². The summed E-state index contributed by atoms with van der Waals surface area (Å²) in [5.74, 6) is -1.52. The number of hydrazine groups is 1. The smallest absolute Gasteiger partial charge is 0.324 e. The fourth-order valence-electron chi connectivity index (χ4n) is 12.2. The van der Waals surface area contributed by atoms with Crippen molar-refractivity contribution in [2.45, 2.75) is 123 Å². The molecule has 5 aliphatic heterocycles. The van der Waals surface area contributed by atoms with Gasteiger partial charge < -0.3 is 47.6 Å². The van der Waals surface area contributed by atoms with E-state index in [1.807, 2.05) is 52.1 Å². The number of nitrogens with zero attached hydrogens (tertiary/aromatic N) is 6. The Hall–Kier alpha value is -5.09. The third-order valence-corrected chi connectivity index (χ3v) is 16.6. The molecule has 1 saturated carbocycles. The SMILES string of the molecule is CO[C@@H](C)c1ncc(N2CCN(C3COC3)CC2)cc1-c1c2c3cc(ccc3n1CCOC1CCOCC1)-c1nc(co1)[C@@H](OCC(F)F)[C@H](NC(=O)[C@@H]1[C@H](C)[C@@H]1C(C)C)C(=O)N1CCC[C@H](N1)C(=O)OCC(C)(C)C2.